The molecular weight excluding hydrogens is 464 g/mol. The molecule has 35 heavy (non-hydrogen) atoms. The molecule has 2 amide bonds. The van der Waals surface area contributed by atoms with Gasteiger partial charge in [-0.2, -0.15) is 12.7 Å². The Hall–Kier alpha value is -2.91. The predicted molar refractivity (Wildman–Crippen MR) is 140 cm³/mol. The summed E-state index contributed by atoms with van der Waals surface area (Å²) in [5, 5.41) is 2.93. The van der Waals surface area contributed by atoms with Crippen molar-refractivity contribution in [3.8, 4) is 0 Å². The number of carbonyl (C=O) groups is 2. The van der Waals surface area contributed by atoms with Gasteiger partial charge in [0.1, 0.15) is 12.6 Å². The number of benzene rings is 2. The summed E-state index contributed by atoms with van der Waals surface area (Å²) in [5.74, 6) is -0.746. The van der Waals surface area contributed by atoms with E-state index in [1.54, 1.807) is 19.9 Å². The molecule has 192 valence electrons. The molecule has 0 spiro atoms. The number of carbonyl (C=O) groups excluding carboxylic acids is 2. The summed E-state index contributed by atoms with van der Waals surface area (Å²) in [4.78, 5) is 28.1. The van der Waals surface area contributed by atoms with Gasteiger partial charge >= 0.3 is 10.2 Å². The third-order valence-electron chi connectivity index (χ3n) is 6.02. The van der Waals surface area contributed by atoms with Gasteiger partial charge in [0.2, 0.25) is 11.8 Å². The van der Waals surface area contributed by atoms with Crippen LogP contribution in [0.2, 0.25) is 0 Å². The fourth-order valence-corrected chi connectivity index (χ4v) is 4.63. The number of anilines is 1. The number of hydrogen-bond donors (Lipinski definition) is 1. The molecule has 0 aliphatic heterocycles. The molecule has 1 N–H and O–H groups in total. The zero-order valence-corrected chi connectivity index (χ0v) is 22.6. The van der Waals surface area contributed by atoms with E-state index in [1.165, 1.54) is 19.0 Å². The van der Waals surface area contributed by atoms with E-state index in [4.69, 9.17) is 0 Å². The molecule has 0 saturated carbocycles. The van der Waals surface area contributed by atoms with Crippen LogP contribution < -0.4 is 9.62 Å². The van der Waals surface area contributed by atoms with Gasteiger partial charge in [0, 0.05) is 26.7 Å². The standard InChI is InChI=1S/C26H38N4O4S/c1-8-21(4)27-26(32)22(5)29(17-23-12-10-9-11-13-23)25(31)18-30(35(33,34)28(6)7)24-16-19(2)14-15-20(24)3/h9-16,21-22H,8,17-18H2,1-7H3,(H,27,32)/t21-,22-/m1/s1. The number of aryl methyl sites for hydroxylation is 2. The van der Waals surface area contributed by atoms with Crippen molar-refractivity contribution in [2.45, 2.75) is 59.7 Å². The quantitative estimate of drug-likeness (QED) is 0.511. The third-order valence-corrected chi connectivity index (χ3v) is 7.82. The Kier molecular flexibility index (Phi) is 9.85. The number of nitrogens with one attached hydrogen (secondary N) is 1. The minimum atomic E-state index is -3.98. The van der Waals surface area contributed by atoms with E-state index in [1.807, 2.05) is 63.2 Å². The Balaban J connectivity index is 2.48. The topological polar surface area (TPSA) is 90.0 Å². The first-order valence-electron chi connectivity index (χ1n) is 11.8. The molecule has 2 rings (SSSR count). The largest absolute Gasteiger partial charge is 0.352 e. The molecule has 2 aromatic carbocycles. The van der Waals surface area contributed by atoms with Crippen molar-refractivity contribution in [3.05, 3.63) is 65.2 Å². The summed E-state index contributed by atoms with van der Waals surface area (Å²) in [6, 6.07) is 14.0. The molecule has 9 heteroatoms. The average molecular weight is 503 g/mol. The Morgan fingerprint density at radius 3 is 2.20 bits per heavy atom. The highest BCUT2D eigenvalue weighted by Crippen LogP contribution is 2.26. The van der Waals surface area contributed by atoms with Crippen LogP contribution in [0.4, 0.5) is 5.69 Å². The fraction of sp³-hybridized carbons (Fsp3) is 0.462. The summed E-state index contributed by atoms with van der Waals surface area (Å²) in [6.07, 6.45) is 0.757. The van der Waals surface area contributed by atoms with Crippen LogP contribution in [0.5, 0.6) is 0 Å². The van der Waals surface area contributed by atoms with E-state index in [-0.39, 0.29) is 18.5 Å². The van der Waals surface area contributed by atoms with E-state index in [0.29, 0.717) is 5.69 Å². The molecule has 8 nitrogen and oxygen atoms in total. The fourth-order valence-electron chi connectivity index (χ4n) is 3.52. The number of rotatable bonds is 11. The second kappa shape index (κ2) is 12.2. The van der Waals surface area contributed by atoms with Crippen LogP contribution in [0.3, 0.4) is 0 Å². The molecule has 0 aliphatic rings. The summed E-state index contributed by atoms with van der Waals surface area (Å²) in [6.45, 7) is 8.96. The van der Waals surface area contributed by atoms with Gasteiger partial charge in [0.25, 0.3) is 0 Å². The van der Waals surface area contributed by atoms with Crippen LogP contribution in [0.1, 0.15) is 43.9 Å². The maximum Gasteiger partial charge on any atom is 0.304 e. The third kappa shape index (κ3) is 7.29. The molecule has 0 aromatic heterocycles. The van der Waals surface area contributed by atoms with Crippen molar-refractivity contribution >= 4 is 27.7 Å². The molecule has 0 bridgehead atoms. The van der Waals surface area contributed by atoms with Gasteiger partial charge in [-0.1, -0.05) is 49.4 Å². The molecular formula is C26H38N4O4S. The highest BCUT2D eigenvalue weighted by molar-refractivity contribution is 7.90. The summed E-state index contributed by atoms with van der Waals surface area (Å²) in [5.41, 5.74) is 2.88. The molecule has 0 fully saturated rings. The maximum atomic E-state index is 13.7. The molecule has 0 aliphatic carbocycles. The second-order valence-corrected chi connectivity index (χ2v) is 11.2. The monoisotopic (exact) mass is 502 g/mol. The minimum Gasteiger partial charge on any atom is -0.352 e. The molecule has 0 saturated heterocycles. The zero-order valence-electron chi connectivity index (χ0n) is 21.8. The first-order chi connectivity index (χ1) is 16.4. The SMILES string of the molecule is CC[C@@H](C)NC(=O)[C@@H](C)N(Cc1ccccc1)C(=O)CN(c1cc(C)ccc1C)S(=O)(=O)N(C)C. The van der Waals surface area contributed by atoms with Crippen LogP contribution >= 0.6 is 0 Å². The lowest BCUT2D eigenvalue weighted by atomic mass is 10.1. The van der Waals surface area contributed by atoms with Crippen LogP contribution in [0.25, 0.3) is 0 Å². The summed E-state index contributed by atoms with van der Waals surface area (Å²) >= 11 is 0. The highest BCUT2D eigenvalue weighted by atomic mass is 32.2. The highest BCUT2D eigenvalue weighted by Gasteiger charge is 2.33. The zero-order chi connectivity index (χ0) is 26.3. The molecule has 2 aromatic rings. The van der Waals surface area contributed by atoms with Crippen molar-refractivity contribution < 1.29 is 18.0 Å². The number of amides is 2. The van der Waals surface area contributed by atoms with Crippen molar-refractivity contribution in [3.63, 3.8) is 0 Å². The van der Waals surface area contributed by atoms with Crippen molar-refractivity contribution in [2.75, 3.05) is 24.9 Å². The first-order valence-corrected chi connectivity index (χ1v) is 13.2. The smallest absolute Gasteiger partial charge is 0.304 e. The predicted octanol–water partition coefficient (Wildman–Crippen LogP) is 3.25. The van der Waals surface area contributed by atoms with E-state index >= 15 is 0 Å². The molecule has 2 atom stereocenters. The number of nitrogens with zero attached hydrogens (tertiary/aromatic N) is 3. The Labute approximate surface area is 210 Å². The van der Waals surface area contributed by atoms with Gasteiger partial charge in [-0.3, -0.25) is 9.59 Å². The molecule has 0 unspecified atom stereocenters. The molecule has 0 radical (unpaired) electrons. The van der Waals surface area contributed by atoms with E-state index < -0.39 is 28.7 Å². The normalized spacial score (nSPS) is 13.3. The van der Waals surface area contributed by atoms with Gasteiger partial charge in [-0.15, -0.1) is 0 Å². The van der Waals surface area contributed by atoms with Gasteiger partial charge < -0.3 is 10.2 Å². The lowest BCUT2D eigenvalue weighted by Gasteiger charge is -2.33. The molecule has 0 heterocycles. The Bertz CT molecular complexity index is 1120. The maximum absolute atomic E-state index is 13.7. The van der Waals surface area contributed by atoms with E-state index in [0.717, 1.165) is 31.7 Å². The van der Waals surface area contributed by atoms with Crippen molar-refractivity contribution in [1.29, 1.82) is 0 Å². The van der Waals surface area contributed by atoms with Crippen molar-refractivity contribution in [1.82, 2.24) is 14.5 Å². The van der Waals surface area contributed by atoms with Crippen LogP contribution in [-0.2, 0) is 26.3 Å². The van der Waals surface area contributed by atoms with E-state index in [9.17, 15) is 18.0 Å². The van der Waals surface area contributed by atoms with Gasteiger partial charge in [0.15, 0.2) is 0 Å². The van der Waals surface area contributed by atoms with Gasteiger partial charge in [0.05, 0.1) is 5.69 Å². The van der Waals surface area contributed by atoms with Crippen LogP contribution in [0.15, 0.2) is 48.5 Å². The minimum absolute atomic E-state index is 0.0424. The van der Waals surface area contributed by atoms with Crippen LogP contribution in [-0.4, -0.2) is 62.2 Å². The summed E-state index contributed by atoms with van der Waals surface area (Å²) in [7, 11) is -1.12. The Morgan fingerprint density at radius 2 is 1.63 bits per heavy atom. The first kappa shape index (κ1) is 28.3. The van der Waals surface area contributed by atoms with Gasteiger partial charge in [-0.05, 0) is 56.9 Å². The average Bonchev–Trinajstić information content (AvgIpc) is 2.82. The van der Waals surface area contributed by atoms with Crippen molar-refractivity contribution in [2.24, 2.45) is 0 Å². The lowest BCUT2D eigenvalue weighted by Crippen LogP contribution is -2.53. The number of hydrogen-bond acceptors (Lipinski definition) is 4. The van der Waals surface area contributed by atoms with Crippen LogP contribution in [0, 0.1) is 13.8 Å². The second-order valence-electron chi connectivity index (χ2n) is 9.09. The summed E-state index contributed by atoms with van der Waals surface area (Å²) < 4.78 is 28.8. The van der Waals surface area contributed by atoms with E-state index in [2.05, 4.69) is 5.32 Å². The Morgan fingerprint density at radius 1 is 1.00 bits per heavy atom. The van der Waals surface area contributed by atoms with Gasteiger partial charge in [-0.25, -0.2) is 4.31 Å². The lowest BCUT2D eigenvalue weighted by molar-refractivity contribution is -0.139.